The van der Waals surface area contributed by atoms with E-state index in [0.717, 1.165) is 12.0 Å². The fourth-order valence-electron chi connectivity index (χ4n) is 1.03. The topological polar surface area (TPSA) is 44.2 Å². The number of hydrogen-bond donors (Lipinski definition) is 0. The standard InChI is InChI=1S/C7H8N2O2/c1-10-7-8-4-5-2-3-11-6(5)9-7/h4H,2-3H2,1H3. The Kier molecular flexibility index (Phi) is 1.38. The van der Waals surface area contributed by atoms with Crippen LogP contribution in [0.15, 0.2) is 6.20 Å². The van der Waals surface area contributed by atoms with Crippen LogP contribution in [0.1, 0.15) is 5.56 Å². The summed E-state index contributed by atoms with van der Waals surface area (Å²) in [6.45, 7) is 0.706. The van der Waals surface area contributed by atoms with Crippen molar-refractivity contribution in [1.82, 2.24) is 9.97 Å². The van der Waals surface area contributed by atoms with Crippen molar-refractivity contribution in [1.29, 1.82) is 0 Å². The molecule has 0 aliphatic carbocycles. The van der Waals surface area contributed by atoms with E-state index in [-0.39, 0.29) is 0 Å². The summed E-state index contributed by atoms with van der Waals surface area (Å²) in [5.41, 5.74) is 1.06. The molecule has 0 fully saturated rings. The maximum Gasteiger partial charge on any atom is 0.319 e. The van der Waals surface area contributed by atoms with E-state index in [1.165, 1.54) is 7.11 Å². The number of hydrogen-bond acceptors (Lipinski definition) is 4. The third kappa shape index (κ3) is 1.00. The number of methoxy groups -OCH3 is 1. The first-order valence-electron chi connectivity index (χ1n) is 3.43. The fraction of sp³-hybridized carbons (Fsp3) is 0.429. The van der Waals surface area contributed by atoms with Gasteiger partial charge in [-0.05, 0) is 0 Å². The van der Waals surface area contributed by atoms with Gasteiger partial charge in [0.25, 0.3) is 0 Å². The molecular weight excluding hydrogens is 144 g/mol. The van der Waals surface area contributed by atoms with Gasteiger partial charge in [-0.25, -0.2) is 4.98 Å². The molecular formula is C7H8N2O2. The van der Waals surface area contributed by atoms with Crippen LogP contribution in [0.25, 0.3) is 0 Å². The van der Waals surface area contributed by atoms with Crippen LogP contribution in [0, 0.1) is 0 Å². The Balaban J connectivity index is 2.41. The van der Waals surface area contributed by atoms with Crippen LogP contribution in [0.5, 0.6) is 11.9 Å². The Labute approximate surface area is 64.2 Å². The average Bonchev–Trinajstić information content (AvgIpc) is 2.50. The van der Waals surface area contributed by atoms with Gasteiger partial charge in [-0.1, -0.05) is 0 Å². The van der Waals surface area contributed by atoms with E-state index in [1.54, 1.807) is 6.20 Å². The highest BCUT2D eigenvalue weighted by atomic mass is 16.5. The Morgan fingerprint density at radius 2 is 2.55 bits per heavy atom. The lowest BCUT2D eigenvalue weighted by molar-refractivity contribution is 0.328. The molecule has 0 unspecified atom stereocenters. The molecule has 1 aromatic rings. The van der Waals surface area contributed by atoms with Crippen molar-refractivity contribution in [2.24, 2.45) is 0 Å². The Hall–Kier alpha value is -1.32. The predicted octanol–water partition coefficient (Wildman–Crippen LogP) is 0.420. The van der Waals surface area contributed by atoms with E-state index >= 15 is 0 Å². The van der Waals surface area contributed by atoms with Gasteiger partial charge in [-0.3, -0.25) is 0 Å². The Morgan fingerprint density at radius 1 is 1.64 bits per heavy atom. The molecule has 0 aromatic carbocycles. The number of nitrogens with zero attached hydrogens (tertiary/aromatic N) is 2. The first-order valence-corrected chi connectivity index (χ1v) is 3.43. The molecule has 0 atom stereocenters. The van der Waals surface area contributed by atoms with Gasteiger partial charge in [0.05, 0.1) is 13.7 Å². The number of rotatable bonds is 1. The summed E-state index contributed by atoms with van der Waals surface area (Å²) < 4.78 is 10.0. The zero-order valence-electron chi connectivity index (χ0n) is 6.20. The second kappa shape index (κ2) is 2.38. The van der Waals surface area contributed by atoms with Gasteiger partial charge in [0.15, 0.2) is 0 Å². The van der Waals surface area contributed by atoms with Crippen molar-refractivity contribution in [2.45, 2.75) is 6.42 Å². The van der Waals surface area contributed by atoms with E-state index in [9.17, 15) is 0 Å². The molecule has 0 radical (unpaired) electrons. The Bertz CT molecular complexity index is 275. The normalized spacial score (nSPS) is 13.9. The molecule has 0 spiro atoms. The second-order valence-electron chi connectivity index (χ2n) is 2.29. The van der Waals surface area contributed by atoms with Crippen LogP contribution < -0.4 is 9.47 Å². The predicted molar refractivity (Wildman–Crippen MR) is 37.8 cm³/mol. The van der Waals surface area contributed by atoms with Gasteiger partial charge in [-0.2, -0.15) is 4.98 Å². The number of ether oxygens (including phenoxy) is 2. The summed E-state index contributed by atoms with van der Waals surface area (Å²) in [5, 5.41) is 0. The number of fused-ring (bicyclic) bond motifs is 1. The summed E-state index contributed by atoms with van der Waals surface area (Å²) in [7, 11) is 1.54. The van der Waals surface area contributed by atoms with Crippen LogP contribution >= 0.6 is 0 Å². The zero-order chi connectivity index (χ0) is 7.68. The van der Waals surface area contributed by atoms with Crippen LogP contribution in [-0.2, 0) is 6.42 Å². The summed E-state index contributed by atoms with van der Waals surface area (Å²) in [6.07, 6.45) is 2.65. The quantitative estimate of drug-likeness (QED) is 0.585. The molecule has 0 amide bonds. The Morgan fingerprint density at radius 3 is 3.36 bits per heavy atom. The van der Waals surface area contributed by atoms with E-state index in [1.807, 2.05) is 0 Å². The average molecular weight is 152 g/mol. The highest BCUT2D eigenvalue weighted by molar-refractivity contribution is 5.28. The largest absolute Gasteiger partial charge is 0.477 e. The lowest BCUT2D eigenvalue weighted by atomic mass is 10.3. The number of aromatic nitrogens is 2. The monoisotopic (exact) mass is 152 g/mol. The van der Waals surface area contributed by atoms with Gasteiger partial charge < -0.3 is 9.47 Å². The van der Waals surface area contributed by atoms with Crippen LogP contribution in [-0.4, -0.2) is 23.7 Å². The van der Waals surface area contributed by atoms with Crippen molar-refractivity contribution >= 4 is 0 Å². The van der Waals surface area contributed by atoms with E-state index in [2.05, 4.69) is 9.97 Å². The first-order chi connectivity index (χ1) is 5.40. The summed E-state index contributed by atoms with van der Waals surface area (Å²) >= 11 is 0. The molecule has 4 nitrogen and oxygen atoms in total. The third-order valence-corrected chi connectivity index (χ3v) is 1.60. The smallest absolute Gasteiger partial charge is 0.319 e. The van der Waals surface area contributed by atoms with Crippen LogP contribution in [0.2, 0.25) is 0 Å². The maximum atomic E-state index is 5.21. The lowest BCUT2D eigenvalue weighted by Crippen LogP contribution is -1.93. The molecule has 0 bridgehead atoms. The molecule has 1 aromatic heterocycles. The molecule has 58 valence electrons. The summed E-state index contributed by atoms with van der Waals surface area (Å²) in [5.74, 6) is 0.664. The molecule has 1 aliphatic heterocycles. The SMILES string of the molecule is COc1ncc2c(n1)OCC2. The fourth-order valence-corrected chi connectivity index (χ4v) is 1.03. The molecule has 11 heavy (non-hydrogen) atoms. The molecule has 1 aliphatic rings. The van der Waals surface area contributed by atoms with Crippen molar-refractivity contribution in [3.8, 4) is 11.9 Å². The molecule has 2 heterocycles. The highest BCUT2D eigenvalue weighted by Crippen LogP contribution is 2.22. The van der Waals surface area contributed by atoms with Gasteiger partial charge >= 0.3 is 6.01 Å². The first kappa shape index (κ1) is 6.39. The molecule has 0 N–H and O–H groups in total. The summed E-state index contributed by atoms with van der Waals surface area (Å²) in [6, 6.07) is 0.366. The summed E-state index contributed by atoms with van der Waals surface area (Å²) in [4.78, 5) is 7.97. The maximum absolute atomic E-state index is 5.21. The molecule has 0 saturated carbocycles. The van der Waals surface area contributed by atoms with Gasteiger partial charge in [0.1, 0.15) is 0 Å². The van der Waals surface area contributed by atoms with Crippen molar-refractivity contribution in [3.63, 3.8) is 0 Å². The van der Waals surface area contributed by atoms with Crippen molar-refractivity contribution in [2.75, 3.05) is 13.7 Å². The minimum absolute atomic E-state index is 0.366. The van der Waals surface area contributed by atoms with Gasteiger partial charge in [-0.15, -0.1) is 0 Å². The van der Waals surface area contributed by atoms with Crippen LogP contribution in [0.4, 0.5) is 0 Å². The lowest BCUT2D eigenvalue weighted by Gasteiger charge is -1.98. The van der Waals surface area contributed by atoms with E-state index < -0.39 is 0 Å². The van der Waals surface area contributed by atoms with Gasteiger partial charge in [0.2, 0.25) is 5.88 Å². The minimum atomic E-state index is 0.366. The molecule has 2 rings (SSSR count). The van der Waals surface area contributed by atoms with Crippen LogP contribution in [0.3, 0.4) is 0 Å². The van der Waals surface area contributed by atoms with Gasteiger partial charge in [0, 0.05) is 18.2 Å². The van der Waals surface area contributed by atoms with E-state index in [4.69, 9.17) is 9.47 Å². The molecule has 4 heteroatoms. The molecule has 0 saturated heterocycles. The van der Waals surface area contributed by atoms with E-state index in [0.29, 0.717) is 18.5 Å². The van der Waals surface area contributed by atoms with Crippen molar-refractivity contribution in [3.05, 3.63) is 11.8 Å². The van der Waals surface area contributed by atoms with Crippen molar-refractivity contribution < 1.29 is 9.47 Å². The minimum Gasteiger partial charge on any atom is -0.477 e. The highest BCUT2D eigenvalue weighted by Gasteiger charge is 2.14. The second-order valence-corrected chi connectivity index (χ2v) is 2.29. The third-order valence-electron chi connectivity index (χ3n) is 1.60. The zero-order valence-corrected chi connectivity index (χ0v) is 6.20.